The van der Waals surface area contributed by atoms with E-state index >= 15 is 0 Å². The zero-order valence-corrected chi connectivity index (χ0v) is 7.08. The fourth-order valence-corrected chi connectivity index (χ4v) is 1.54. The average molecular weight is 213 g/mol. The van der Waals surface area contributed by atoms with Crippen LogP contribution in [0.15, 0.2) is 0 Å². The number of aliphatic hydroxyl groups excluding tert-OH is 1. The molecule has 1 heterocycles. The maximum Gasteiger partial charge on any atom is 0.404 e. The van der Waals surface area contributed by atoms with E-state index in [9.17, 15) is 18.0 Å². The second-order valence-electron chi connectivity index (χ2n) is 3.19. The van der Waals surface area contributed by atoms with Crippen molar-refractivity contribution in [3.63, 3.8) is 0 Å². The van der Waals surface area contributed by atoms with Crippen LogP contribution in [0.4, 0.5) is 13.2 Å². The standard InChI is InChI=1S/C7H10F3NO3/c8-7(9,10)5-4(6(13)14)3(12)1-2-11-5/h3-5,11-12H,1-2H2,(H,13,14). The Kier molecular flexibility index (Phi) is 3.01. The number of piperidine rings is 1. The first-order valence-electron chi connectivity index (χ1n) is 4.05. The molecule has 0 radical (unpaired) electrons. The van der Waals surface area contributed by atoms with Gasteiger partial charge in [0, 0.05) is 0 Å². The minimum atomic E-state index is -4.65. The molecule has 14 heavy (non-hydrogen) atoms. The summed E-state index contributed by atoms with van der Waals surface area (Å²) in [4.78, 5) is 10.5. The summed E-state index contributed by atoms with van der Waals surface area (Å²) in [5, 5.41) is 19.7. The van der Waals surface area contributed by atoms with E-state index in [1.807, 2.05) is 0 Å². The number of nitrogens with one attached hydrogen (secondary N) is 1. The van der Waals surface area contributed by atoms with E-state index in [1.54, 1.807) is 0 Å². The summed E-state index contributed by atoms with van der Waals surface area (Å²) in [6.45, 7) is -0.0326. The number of rotatable bonds is 1. The number of aliphatic carboxylic acids is 1. The number of hydrogen-bond donors (Lipinski definition) is 3. The molecule has 1 rings (SSSR count). The van der Waals surface area contributed by atoms with Crippen molar-refractivity contribution in [3.05, 3.63) is 0 Å². The molecule has 3 N–H and O–H groups in total. The lowest BCUT2D eigenvalue weighted by molar-refractivity contribution is -0.194. The van der Waals surface area contributed by atoms with E-state index in [1.165, 1.54) is 0 Å². The van der Waals surface area contributed by atoms with Crippen molar-refractivity contribution in [2.24, 2.45) is 5.92 Å². The van der Waals surface area contributed by atoms with E-state index in [4.69, 9.17) is 10.2 Å². The lowest BCUT2D eigenvalue weighted by atomic mass is 9.88. The van der Waals surface area contributed by atoms with E-state index in [0.717, 1.165) is 0 Å². The lowest BCUT2D eigenvalue weighted by Crippen LogP contribution is -2.58. The molecule has 0 aromatic rings. The van der Waals surface area contributed by atoms with Gasteiger partial charge in [0.1, 0.15) is 12.0 Å². The van der Waals surface area contributed by atoms with Gasteiger partial charge in [0.05, 0.1) is 6.10 Å². The van der Waals surface area contributed by atoms with Crippen molar-refractivity contribution >= 4 is 5.97 Å². The minimum absolute atomic E-state index is 0.0174. The summed E-state index contributed by atoms with van der Waals surface area (Å²) in [6.07, 6.45) is -6.08. The number of halogens is 3. The van der Waals surface area contributed by atoms with Gasteiger partial charge in [-0.05, 0) is 13.0 Å². The van der Waals surface area contributed by atoms with Crippen LogP contribution >= 0.6 is 0 Å². The molecule has 0 spiro atoms. The average Bonchev–Trinajstić information content (AvgIpc) is 2.01. The highest BCUT2D eigenvalue weighted by Crippen LogP contribution is 2.30. The van der Waals surface area contributed by atoms with Crippen molar-refractivity contribution in [2.75, 3.05) is 6.54 Å². The molecule has 4 nitrogen and oxygen atoms in total. The molecule has 0 aromatic heterocycles. The maximum absolute atomic E-state index is 12.3. The van der Waals surface area contributed by atoms with Gasteiger partial charge in [-0.2, -0.15) is 13.2 Å². The highest BCUT2D eigenvalue weighted by molar-refractivity contribution is 5.72. The molecule has 0 aliphatic carbocycles. The number of carboxylic acids is 1. The highest BCUT2D eigenvalue weighted by atomic mass is 19.4. The molecule has 0 aromatic carbocycles. The Hall–Kier alpha value is -0.820. The summed E-state index contributed by atoms with van der Waals surface area (Å²) in [6, 6.07) is -2.16. The second kappa shape index (κ2) is 3.74. The van der Waals surface area contributed by atoms with E-state index < -0.39 is 30.2 Å². The molecule has 0 bridgehead atoms. The van der Waals surface area contributed by atoms with Crippen LogP contribution < -0.4 is 5.32 Å². The molecular weight excluding hydrogens is 203 g/mol. The molecule has 82 valence electrons. The van der Waals surface area contributed by atoms with E-state index in [-0.39, 0.29) is 13.0 Å². The van der Waals surface area contributed by atoms with Crippen molar-refractivity contribution in [2.45, 2.75) is 24.7 Å². The molecule has 3 atom stereocenters. The Morgan fingerprint density at radius 2 is 2.00 bits per heavy atom. The summed E-state index contributed by atoms with van der Waals surface area (Å²) >= 11 is 0. The van der Waals surface area contributed by atoms with Crippen molar-refractivity contribution < 1.29 is 28.2 Å². The molecule has 0 saturated carbocycles. The van der Waals surface area contributed by atoms with E-state index in [0.29, 0.717) is 0 Å². The Morgan fingerprint density at radius 3 is 2.36 bits per heavy atom. The summed E-state index contributed by atoms with van der Waals surface area (Å²) < 4.78 is 36.9. The lowest BCUT2D eigenvalue weighted by Gasteiger charge is -2.34. The van der Waals surface area contributed by atoms with Gasteiger partial charge >= 0.3 is 12.1 Å². The third kappa shape index (κ3) is 2.16. The smallest absolute Gasteiger partial charge is 0.404 e. The van der Waals surface area contributed by atoms with Gasteiger partial charge in [0.25, 0.3) is 0 Å². The zero-order valence-electron chi connectivity index (χ0n) is 7.08. The predicted octanol–water partition coefficient (Wildman–Crippen LogP) is -0.0277. The summed E-state index contributed by atoms with van der Waals surface area (Å²) in [7, 11) is 0. The third-order valence-electron chi connectivity index (χ3n) is 2.22. The van der Waals surface area contributed by atoms with Crippen LogP contribution in [0.5, 0.6) is 0 Å². The Bertz CT molecular complexity index is 231. The van der Waals surface area contributed by atoms with Gasteiger partial charge in [-0.15, -0.1) is 0 Å². The first-order valence-corrected chi connectivity index (χ1v) is 4.05. The van der Waals surface area contributed by atoms with Crippen molar-refractivity contribution in [3.8, 4) is 0 Å². The predicted molar refractivity (Wildman–Crippen MR) is 39.6 cm³/mol. The van der Waals surface area contributed by atoms with Crippen LogP contribution in [-0.2, 0) is 4.79 Å². The quantitative estimate of drug-likeness (QED) is 0.572. The van der Waals surface area contributed by atoms with Crippen LogP contribution in [0.2, 0.25) is 0 Å². The highest BCUT2D eigenvalue weighted by Gasteiger charge is 2.51. The van der Waals surface area contributed by atoms with Crippen molar-refractivity contribution in [1.29, 1.82) is 0 Å². The molecule has 1 aliphatic heterocycles. The van der Waals surface area contributed by atoms with Crippen LogP contribution in [-0.4, -0.2) is 41.0 Å². The first kappa shape index (κ1) is 11.3. The van der Waals surface area contributed by atoms with Gasteiger partial charge in [-0.3, -0.25) is 4.79 Å². The zero-order chi connectivity index (χ0) is 10.9. The number of hydrogen-bond acceptors (Lipinski definition) is 3. The largest absolute Gasteiger partial charge is 0.481 e. The first-order chi connectivity index (χ1) is 6.34. The number of aliphatic hydroxyl groups is 1. The maximum atomic E-state index is 12.3. The summed E-state index contributed by atoms with van der Waals surface area (Å²) in [5.74, 6) is -3.45. The Balaban J connectivity index is 2.86. The molecule has 3 unspecified atom stereocenters. The number of carboxylic acid groups (broad SMARTS) is 1. The SMILES string of the molecule is O=C(O)C1C(O)CCNC1C(F)(F)F. The molecule has 1 fully saturated rings. The molecule has 0 amide bonds. The third-order valence-corrected chi connectivity index (χ3v) is 2.22. The van der Waals surface area contributed by atoms with E-state index in [2.05, 4.69) is 5.32 Å². The van der Waals surface area contributed by atoms with Gasteiger partial charge in [-0.25, -0.2) is 0 Å². The number of alkyl halides is 3. The second-order valence-corrected chi connectivity index (χ2v) is 3.19. The normalized spacial score (nSPS) is 34.1. The molecule has 1 aliphatic rings. The fourth-order valence-electron chi connectivity index (χ4n) is 1.54. The van der Waals surface area contributed by atoms with Gasteiger partial charge in [0.2, 0.25) is 0 Å². The topological polar surface area (TPSA) is 69.6 Å². The summed E-state index contributed by atoms with van der Waals surface area (Å²) in [5.41, 5.74) is 0. The molecular formula is C7H10F3NO3. The van der Waals surface area contributed by atoms with Gasteiger partial charge in [0.15, 0.2) is 0 Å². The minimum Gasteiger partial charge on any atom is -0.481 e. The monoisotopic (exact) mass is 213 g/mol. The van der Waals surface area contributed by atoms with Crippen LogP contribution in [0.25, 0.3) is 0 Å². The Labute approximate surface area is 77.7 Å². The van der Waals surface area contributed by atoms with Gasteiger partial charge < -0.3 is 15.5 Å². The van der Waals surface area contributed by atoms with Crippen molar-refractivity contribution in [1.82, 2.24) is 5.32 Å². The number of carbonyl (C=O) groups is 1. The van der Waals surface area contributed by atoms with Crippen LogP contribution in [0.1, 0.15) is 6.42 Å². The van der Waals surface area contributed by atoms with Crippen LogP contribution in [0.3, 0.4) is 0 Å². The van der Waals surface area contributed by atoms with Crippen LogP contribution in [0, 0.1) is 5.92 Å². The molecule has 7 heteroatoms. The fraction of sp³-hybridized carbons (Fsp3) is 0.857. The Morgan fingerprint density at radius 1 is 1.43 bits per heavy atom. The molecule has 1 saturated heterocycles. The van der Waals surface area contributed by atoms with Gasteiger partial charge in [-0.1, -0.05) is 0 Å².